The van der Waals surface area contributed by atoms with Crippen LogP contribution in [-0.4, -0.2) is 35.9 Å². The average molecular weight is 302 g/mol. The van der Waals surface area contributed by atoms with Crippen molar-refractivity contribution in [1.82, 2.24) is 10.6 Å². The van der Waals surface area contributed by atoms with Gasteiger partial charge in [0.1, 0.15) is 24.1 Å². The lowest BCUT2D eigenvalue weighted by atomic mass is 9.83. The molecule has 2 aliphatic heterocycles. The lowest BCUT2D eigenvalue weighted by Gasteiger charge is -2.28. The predicted molar refractivity (Wildman–Crippen MR) is 86.7 cm³/mol. The van der Waals surface area contributed by atoms with Crippen LogP contribution in [0.3, 0.4) is 0 Å². The molecule has 1 saturated heterocycles. The number of amides is 2. The Kier molecular flexibility index (Phi) is 4.30. The molecule has 22 heavy (non-hydrogen) atoms. The normalized spacial score (nSPS) is 27.0. The van der Waals surface area contributed by atoms with Crippen molar-refractivity contribution in [3.63, 3.8) is 0 Å². The van der Waals surface area contributed by atoms with E-state index < -0.39 is 6.04 Å². The Balaban J connectivity index is 2.22. The summed E-state index contributed by atoms with van der Waals surface area (Å²) < 4.78 is 0. The second-order valence-corrected chi connectivity index (χ2v) is 6.41. The zero-order valence-corrected chi connectivity index (χ0v) is 13.4. The minimum absolute atomic E-state index is 0.0341. The molecule has 6 nitrogen and oxygen atoms in total. The Hall–Kier alpha value is -2.24. The Labute approximate surface area is 130 Å². The quantitative estimate of drug-likeness (QED) is 0.604. The van der Waals surface area contributed by atoms with E-state index in [0.717, 1.165) is 5.71 Å². The highest BCUT2D eigenvalue weighted by molar-refractivity contribution is 6.08. The van der Waals surface area contributed by atoms with Gasteiger partial charge in [-0.25, -0.2) is 4.99 Å². The first-order chi connectivity index (χ1) is 10.3. The molecule has 2 unspecified atom stereocenters. The van der Waals surface area contributed by atoms with Crippen LogP contribution >= 0.6 is 0 Å². The van der Waals surface area contributed by atoms with Crippen molar-refractivity contribution < 1.29 is 9.59 Å². The molecule has 0 aromatic rings. The Morgan fingerprint density at radius 2 is 2.05 bits per heavy atom. The van der Waals surface area contributed by atoms with Crippen LogP contribution in [0.2, 0.25) is 0 Å². The maximum atomic E-state index is 12.2. The average Bonchev–Trinajstić information content (AvgIpc) is 2.91. The first-order valence-corrected chi connectivity index (χ1v) is 7.33. The molecule has 2 heterocycles. The first kappa shape index (κ1) is 16.1. The zero-order chi connectivity index (χ0) is 16.5. The van der Waals surface area contributed by atoms with Crippen molar-refractivity contribution in [3.8, 4) is 0 Å². The Morgan fingerprint density at radius 1 is 1.36 bits per heavy atom. The molecule has 0 bridgehead atoms. The van der Waals surface area contributed by atoms with Crippen LogP contribution in [-0.2, 0) is 9.59 Å². The summed E-state index contributed by atoms with van der Waals surface area (Å²) >= 11 is 0. The zero-order valence-electron chi connectivity index (χ0n) is 13.4. The van der Waals surface area contributed by atoms with Gasteiger partial charge in [-0.3, -0.25) is 14.6 Å². The molecule has 2 rings (SSSR count). The molecule has 2 N–H and O–H groups in total. The summed E-state index contributed by atoms with van der Waals surface area (Å²) in [5.74, 6) is -0.465. The number of carbonyl (C=O) groups is 2. The van der Waals surface area contributed by atoms with Gasteiger partial charge in [-0.2, -0.15) is 0 Å². The highest BCUT2D eigenvalue weighted by atomic mass is 16.2. The van der Waals surface area contributed by atoms with Gasteiger partial charge < -0.3 is 10.6 Å². The number of nitrogens with zero attached hydrogens (tertiary/aromatic N) is 2. The van der Waals surface area contributed by atoms with Gasteiger partial charge in [0.15, 0.2) is 0 Å². The number of nitrogens with one attached hydrogen (secondary N) is 2. The number of hydrogen-bond donors (Lipinski definition) is 2. The fourth-order valence-corrected chi connectivity index (χ4v) is 2.38. The highest BCUT2D eigenvalue weighted by Crippen LogP contribution is 2.26. The van der Waals surface area contributed by atoms with Crippen molar-refractivity contribution in [2.24, 2.45) is 21.3 Å². The monoisotopic (exact) mass is 302 g/mol. The summed E-state index contributed by atoms with van der Waals surface area (Å²) in [6, 6.07) is -0.876. The smallest absolute Gasteiger partial charge is 0.268 e. The molecule has 0 radical (unpaired) electrons. The number of piperazine rings is 1. The molecule has 1 fully saturated rings. The number of allylic oxidation sites excluding steroid dienone is 1. The lowest BCUT2D eigenvalue weighted by Crippen LogP contribution is -2.57. The molecule has 0 aliphatic carbocycles. The third kappa shape index (κ3) is 3.00. The molecule has 0 saturated carbocycles. The van der Waals surface area contributed by atoms with Gasteiger partial charge in [-0.15, -0.1) is 6.58 Å². The number of aliphatic imine (C=N–C) groups is 2. The molecule has 2 aliphatic rings. The van der Waals surface area contributed by atoms with Crippen molar-refractivity contribution in [2.45, 2.75) is 39.8 Å². The third-order valence-corrected chi connectivity index (χ3v) is 3.94. The fraction of sp³-hybridized carbons (Fsp3) is 0.500. The summed E-state index contributed by atoms with van der Waals surface area (Å²) in [7, 11) is 0. The maximum absolute atomic E-state index is 12.2. The predicted octanol–water partition coefficient (Wildman–Crippen LogP) is 1.20. The molecular weight excluding hydrogens is 280 g/mol. The van der Waals surface area contributed by atoms with Crippen molar-refractivity contribution in [3.05, 3.63) is 24.4 Å². The molecule has 6 heteroatoms. The van der Waals surface area contributed by atoms with Gasteiger partial charge in [0.05, 0.1) is 5.71 Å². The van der Waals surface area contributed by atoms with Crippen LogP contribution in [0.15, 0.2) is 34.4 Å². The molecule has 2 amide bonds. The largest absolute Gasteiger partial charge is 0.339 e. The summed E-state index contributed by atoms with van der Waals surface area (Å²) in [4.78, 5) is 32.7. The molecule has 0 spiro atoms. The van der Waals surface area contributed by atoms with E-state index in [-0.39, 0.29) is 34.9 Å². The number of hydrogen-bond acceptors (Lipinski definition) is 4. The molecule has 118 valence electrons. The van der Waals surface area contributed by atoms with E-state index in [9.17, 15) is 9.59 Å². The Bertz CT molecular complexity index is 599. The third-order valence-electron chi connectivity index (χ3n) is 3.94. The van der Waals surface area contributed by atoms with Crippen molar-refractivity contribution in [1.29, 1.82) is 0 Å². The SMILES string of the molecule is C=CC(C)(C)C1=NC=NC1/C=C1/NC(=O)C(C(C)C)NC1=O. The highest BCUT2D eigenvalue weighted by Gasteiger charge is 2.34. The maximum Gasteiger partial charge on any atom is 0.268 e. The standard InChI is InChI=1S/C16H22N4O2/c1-6-16(4,5)13-10(17-8-18-13)7-11-14(21)20-12(9(2)3)15(22)19-11/h6-10,12H,1H2,2-5H3,(H,19,22)(H,20,21)/b11-7+. The van der Waals surface area contributed by atoms with Gasteiger partial charge in [-0.1, -0.05) is 33.8 Å². The van der Waals surface area contributed by atoms with E-state index in [1.807, 2.05) is 27.7 Å². The second-order valence-electron chi connectivity index (χ2n) is 6.41. The Morgan fingerprint density at radius 3 is 2.64 bits per heavy atom. The number of carbonyl (C=O) groups excluding carboxylic acids is 2. The summed E-state index contributed by atoms with van der Waals surface area (Å²) in [5, 5.41) is 5.40. The minimum Gasteiger partial charge on any atom is -0.339 e. The van der Waals surface area contributed by atoms with E-state index in [4.69, 9.17) is 0 Å². The summed E-state index contributed by atoms with van der Waals surface area (Å²) in [6.45, 7) is 11.5. The van der Waals surface area contributed by atoms with E-state index >= 15 is 0 Å². The van der Waals surface area contributed by atoms with Gasteiger partial charge >= 0.3 is 0 Å². The topological polar surface area (TPSA) is 82.9 Å². The van der Waals surface area contributed by atoms with Crippen LogP contribution < -0.4 is 10.6 Å². The summed E-state index contributed by atoms with van der Waals surface area (Å²) in [6.07, 6.45) is 4.90. The van der Waals surface area contributed by atoms with E-state index in [2.05, 4.69) is 27.2 Å². The van der Waals surface area contributed by atoms with Crippen molar-refractivity contribution in [2.75, 3.05) is 0 Å². The van der Waals surface area contributed by atoms with E-state index in [1.54, 1.807) is 12.2 Å². The van der Waals surface area contributed by atoms with Gasteiger partial charge in [0, 0.05) is 5.41 Å². The van der Waals surface area contributed by atoms with Gasteiger partial charge in [-0.05, 0) is 12.0 Å². The van der Waals surface area contributed by atoms with Crippen LogP contribution in [0.25, 0.3) is 0 Å². The van der Waals surface area contributed by atoms with Crippen LogP contribution in [0.4, 0.5) is 0 Å². The van der Waals surface area contributed by atoms with Gasteiger partial charge in [0.25, 0.3) is 5.91 Å². The van der Waals surface area contributed by atoms with Crippen molar-refractivity contribution >= 4 is 23.9 Å². The van der Waals surface area contributed by atoms with Crippen LogP contribution in [0.1, 0.15) is 27.7 Å². The summed E-state index contributed by atoms with van der Waals surface area (Å²) in [5.41, 5.74) is 0.676. The lowest BCUT2D eigenvalue weighted by molar-refractivity contribution is -0.132. The molecular formula is C16H22N4O2. The minimum atomic E-state index is -0.505. The first-order valence-electron chi connectivity index (χ1n) is 7.33. The second kappa shape index (κ2) is 5.87. The molecule has 2 atom stereocenters. The fourth-order valence-electron chi connectivity index (χ4n) is 2.38. The number of rotatable bonds is 4. The van der Waals surface area contributed by atoms with E-state index in [1.165, 1.54) is 6.34 Å². The van der Waals surface area contributed by atoms with E-state index in [0.29, 0.717) is 0 Å². The van der Waals surface area contributed by atoms with Gasteiger partial charge in [0.2, 0.25) is 5.91 Å². The van der Waals surface area contributed by atoms with Crippen LogP contribution in [0, 0.1) is 11.3 Å². The molecule has 0 aromatic heterocycles. The molecule has 0 aromatic carbocycles. The van der Waals surface area contributed by atoms with Crippen LogP contribution in [0.5, 0.6) is 0 Å².